The fraction of sp³-hybridized carbons (Fsp3) is 1.00. The fourth-order valence-electron chi connectivity index (χ4n) is 2.79. The number of nitrogens with zero attached hydrogens (tertiary/aromatic N) is 1. The van der Waals surface area contributed by atoms with E-state index in [9.17, 15) is 0 Å². The van der Waals surface area contributed by atoms with Crippen molar-refractivity contribution in [2.75, 3.05) is 19.6 Å². The molecule has 0 aromatic heterocycles. The first-order valence-electron chi connectivity index (χ1n) is 6.67. The minimum absolute atomic E-state index is 0.651. The second-order valence-corrected chi connectivity index (χ2v) is 5.12. The van der Waals surface area contributed by atoms with Crippen LogP contribution in [-0.2, 0) is 0 Å². The van der Waals surface area contributed by atoms with E-state index in [2.05, 4.69) is 25.7 Å². The van der Waals surface area contributed by atoms with Crippen molar-refractivity contribution in [1.82, 2.24) is 4.90 Å². The van der Waals surface area contributed by atoms with E-state index in [1.165, 1.54) is 38.8 Å². The average Bonchev–Trinajstić information content (AvgIpc) is 2.28. The molecule has 2 nitrogen and oxygen atoms in total. The molecular formula is C13H28N2. The molecule has 3 atom stereocenters. The van der Waals surface area contributed by atoms with E-state index < -0.39 is 0 Å². The summed E-state index contributed by atoms with van der Waals surface area (Å²) in [4.78, 5) is 2.64. The van der Waals surface area contributed by atoms with Crippen LogP contribution in [0.15, 0.2) is 0 Å². The van der Waals surface area contributed by atoms with Crippen LogP contribution in [0.2, 0.25) is 0 Å². The lowest BCUT2D eigenvalue weighted by Gasteiger charge is -2.41. The molecule has 0 bridgehead atoms. The Labute approximate surface area is 95.2 Å². The number of rotatable bonds is 5. The van der Waals surface area contributed by atoms with Crippen molar-refractivity contribution < 1.29 is 0 Å². The van der Waals surface area contributed by atoms with Gasteiger partial charge in [-0.2, -0.15) is 0 Å². The molecule has 0 aliphatic carbocycles. The normalized spacial score (nSPS) is 30.4. The maximum atomic E-state index is 5.94. The van der Waals surface area contributed by atoms with Crippen molar-refractivity contribution in [3.05, 3.63) is 0 Å². The molecule has 0 radical (unpaired) electrons. The van der Waals surface area contributed by atoms with Crippen LogP contribution in [0.5, 0.6) is 0 Å². The van der Waals surface area contributed by atoms with Crippen molar-refractivity contribution in [3.63, 3.8) is 0 Å². The van der Waals surface area contributed by atoms with Crippen LogP contribution < -0.4 is 5.73 Å². The summed E-state index contributed by atoms with van der Waals surface area (Å²) in [7, 11) is 0. The number of hydrogen-bond donors (Lipinski definition) is 1. The predicted octanol–water partition coefficient (Wildman–Crippen LogP) is 2.48. The van der Waals surface area contributed by atoms with Crippen molar-refractivity contribution in [1.29, 1.82) is 0 Å². The van der Waals surface area contributed by atoms with Crippen molar-refractivity contribution in [3.8, 4) is 0 Å². The zero-order chi connectivity index (χ0) is 11.3. The van der Waals surface area contributed by atoms with Crippen LogP contribution in [0.4, 0.5) is 0 Å². The van der Waals surface area contributed by atoms with E-state index >= 15 is 0 Å². The lowest BCUT2D eigenvalue weighted by molar-refractivity contribution is 0.0809. The third-order valence-electron chi connectivity index (χ3n) is 4.04. The zero-order valence-corrected chi connectivity index (χ0v) is 10.7. The Morgan fingerprint density at radius 2 is 2.13 bits per heavy atom. The van der Waals surface area contributed by atoms with Crippen LogP contribution >= 0.6 is 0 Å². The van der Waals surface area contributed by atoms with Crippen LogP contribution in [-0.4, -0.2) is 30.6 Å². The van der Waals surface area contributed by atoms with Gasteiger partial charge in [-0.1, -0.05) is 33.6 Å². The SMILES string of the molecule is CCC(C)CN1CCCC(CC)C1CN. The molecule has 15 heavy (non-hydrogen) atoms. The largest absolute Gasteiger partial charge is 0.329 e. The lowest BCUT2D eigenvalue weighted by Crippen LogP contribution is -2.50. The monoisotopic (exact) mass is 212 g/mol. The van der Waals surface area contributed by atoms with E-state index in [4.69, 9.17) is 5.73 Å². The Kier molecular flexibility index (Phi) is 5.62. The Hall–Kier alpha value is -0.0800. The molecule has 2 N–H and O–H groups in total. The van der Waals surface area contributed by atoms with Gasteiger partial charge in [-0.05, 0) is 31.2 Å². The van der Waals surface area contributed by atoms with Crippen molar-refractivity contribution in [2.45, 2.75) is 52.5 Å². The maximum Gasteiger partial charge on any atom is 0.0246 e. The van der Waals surface area contributed by atoms with Crippen LogP contribution in [0.1, 0.15) is 46.5 Å². The quantitative estimate of drug-likeness (QED) is 0.758. The summed E-state index contributed by atoms with van der Waals surface area (Å²) < 4.78 is 0. The highest BCUT2D eigenvalue weighted by Crippen LogP contribution is 2.26. The first kappa shape index (κ1) is 13.0. The van der Waals surface area contributed by atoms with Gasteiger partial charge in [-0.3, -0.25) is 4.90 Å². The topological polar surface area (TPSA) is 29.3 Å². The zero-order valence-electron chi connectivity index (χ0n) is 10.7. The molecule has 1 fully saturated rings. The first-order valence-corrected chi connectivity index (χ1v) is 6.67. The molecule has 0 aromatic rings. The lowest BCUT2D eigenvalue weighted by atomic mass is 9.86. The maximum absolute atomic E-state index is 5.94. The minimum atomic E-state index is 0.651. The van der Waals surface area contributed by atoms with E-state index in [0.29, 0.717) is 6.04 Å². The summed E-state index contributed by atoms with van der Waals surface area (Å²) in [6.45, 7) is 10.3. The summed E-state index contributed by atoms with van der Waals surface area (Å²) >= 11 is 0. The summed E-state index contributed by atoms with van der Waals surface area (Å²) in [5, 5.41) is 0. The van der Waals surface area contributed by atoms with Gasteiger partial charge >= 0.3 is 0 Å². The van der Waals surface area contributed by atoms with Gasteiger partial charge in [0.05, 0.1) is 0 Å². The first-order chi connectivity index (χ1) is 7.22. The smallest absolute Gasteiger partial charge is 0.0246 e. The summed E-state index contributed by atoms with van der Waals surface area (Å²) in [6.07, 6.45) is 5.32. The molecule has 0 aromatic carbocycles. The number of likely N-dealkylation sites (tertiary alicyclic amines) is 1. The molecule has 1 saturated heterocycles. The highest BCUT2D eigenvalue weighted by atomic mass is 15.2. The van der Waals surface area contributed by atoms with Gasteiger partial charge in [0.25, 0.3) is 0 Å². The molecular weight excluding hydrogens is 184 g/mol. The van der Waals surface area contributed by atoms with Crippen LogP contribution in [0.3, 0.4) is 0 Å². The Morgan fingerprint density at radius 1 is 1.40 bits per heavy atom. The highest BCUT2D eigenvalue weighted by Gasteiger charge is 2.29. The van der Waals surface area contributed by atoms with Gasteiger partial charge in [-0.15, -0.1) is 0 Å². The van der Waals surface area contributed by atoms with Gasteiger partial charge in [0.1, 0.15) is 0 Å². The summed E-state index contributed by atoms with van der Waals surface area (Å²) in [5.41, 5.74) is 5.94. The summed E-state index contributed by atoms with van der Waals surface area (Å²) in [5.74, 6) is 1.66. The summed E-state index contributed by atoms with van der Waals surface area (Å²) in [6, 6.07) is 0.651. The molecule has 0 amide bonds. The molecule has 1 heterocycles. The third-order valence-corrected chi connectivity index (χ3v) is 4.04. The number of nitrogens with two attached hydrogens (primary N) is 1. The fourth-order valence-corrected chi connectivity index (χ4v) is 2.79. The molecule has 0 saturated carbocycles. The third kappa shape index (κ3) is 3.46. The molecule has 0 spiro atoms. The predicted molar refractivity (Wildman–Crippen MR) is 66.9 cm³/mol. The van der Waals surface area contributed by atoms with Crippen molar-refractivity contribution in [2.24, 2.45) is 17.6 Å². The second-order valence-electron chi connectivity index (χ2n) is 5.12. The Bertz CT molecular complexity index is 170. The van der Waals surface area contributed by atoms with Crippen LogP contribution in [0, 0.1) is 11.8 Å². The van der Waals surface area contributed by atoms with E-state index in [1.807, 2.05) is 0 Å². The minimum Gasteiger partial charge on any atom is -0.329 e. The van der Waals surface area contributed by atoms with Gasteiger partial charge in [0.2, 0.25) is 0 Å². The van der Waals surface area contributed by atoms with Gasteiger partial charge in [-0.25, -0.2) is 0 Å². The molecule has 1 rings (SSSR count). The number of piperidine rings is 1. The van der Waals surface area contributed by atoms with Gasteiger partial charge in [0.15, 0.2) is 0 Å². The number of hydrogen-bond acceptors (Lipinski definition) is 2. The Balaban J connectivity index is 2.52. The van der Waals surface area contributed by atoms with E-state index in [0.717, 1.165) is 18.4 Å². The molecule has 1 aliphatic rings. The van der Waals surface area contributed by atoms with Crippen molar-refractivity contribution >= 4 is 0 Å². The second kappa shape index (κ2) is 6.49. The van der Waals surface area contributed by atoms with Gasteiger partial charge in [0, 0.05) is 19.1 Å². The van der Waals surface area contributed by atoms with E-state index in [-0.39, 0.29) is 0 Å². The average molecular weight is 212 g/mol. The molecule has 1 aliphatic heterocycles. The van der Waals surface area contributed by atoms with E-state index in [1.54, 1.807) is 0 Å². The van der Waals surface area contributed by atoms with Crippen LogP contribution in [0.25, 0.3) is 0 Å². The molecule has 90 valence electrons. The standard InChI is InChI=1S/C13H28N2/c1-4-11(3)10-15-8-6-7-12(5-2)13(15)9-14/h11-13H,4-10,14H2,1-3H3. The highest BCUT2D eigenvalue weighted by molar-refractivity contribution is 4.84. The van der Waals surface area contributed by atoms with Gasteiger partial charge < -0.3 is 5.73 Å². The molecule has 2 heteroatoms. The molecule has 3 unspecified atom stereocenters. The Morgan fingerprint density at radius 3 is 2.67 bits per heavy atom.